The molecule has 0 atom stereocenters. The zero-order valence-corrected chi connectivity index (χ0v) is 25.3. The normalized spacial score (nSPS) is 15.3. The van der Waals surface area contributed by atoms with Gasteiger partial charge in [-0.15, -0.1) is 0 Å². The predicted octanol–water partition coefficient (Wildman–Crippen LogP) is 7.62. The number of likely N-dealkylation sites (tertiary alicyclic amines) is 1. The number of phenolic OH excluding ortho intramolecular Hbond substituents is 1. The molecule has 1 saturated heterocycles. The highest BCUT2D eigenvalue weighted by molar-refractivity contribution is 6.30. The molecule has 0 bridgehead atoms. The molecule has 1 amide bonds. The highest BCUT2D eigenvalue weighted by Gasteiger charge is 2.34. The van der Waals surface area contributed by atoms with Crippen molar-refractivity contribution >= 4 is 34.7 Å². The van der Waals surface area contributed by atoms with Gasteiger partial charge in [-0.05, 0) is 72.5 Å². The summed E-state index contributed by atoms with van der Waals surface area (Å²) in [4.78, 5) is 21.4. The van der Waals surface area contributed by atoms with Crippen LogP contribution in [0.25, 0.3) is 11.1 Å². The minimum Gasteiger partial charge on any atom is -0.507 e. The molecule has 0 radical (unpaired) electrons. The Balaban J connectivity index is 1.14. The molecule has 2 aliphatic heterocycles. The third kappa shape index (κ3) is 6.50. The van der Waals surface area contributed by atoms with Gasteiger partial charge in [-0.2, -0.15) is 13.2 Å². The molecular weight excluding hydrogens is 622 g/mol. The molecule has 4 aromatic rings. The van der Waals surface area contributed by atoms with Crippen LogP contribution >= 0.6 is 11.6 Å². The molecule has 7 nitrogen and oxygen atoms in total. The first kappa shape index (κ1) is 31.3. The molecule has 3 heterocycles. The lowest BCUT2D eigenvalue weighted by molar-refractivity contribution is -0.138. The third-order valence-electron chi connectivity index (χ3n) is 8.52. The van der Waals surface area contributed by atoms with Crippen LogP contribution in [0.15, 0.2) is 72.9 Å². The topological polar surface area (TPSA) is 92.5 Å². The first-order valence-corrected chi connectivity index (χ1v) is 15.2. The Morgan fingerprint density at radius 2 is 1.74 bits per heavy atom. The number of phenols is 1. The maximum atomic E-state index is 13.7. The number of nitrogens with zero attached hydrogens (tertiary/aromatic N) is 3. The van der Waals surface area contributed by atoms with E-state index in [-0.39, 0.29) is 40.4 Å². The number of hydrogen-bond donors (Lipinski definition) is 3. The van der Waals surface area contributed by atoms with E-state index in [1.807, 2.05) is 23.1 Å². The molecule has 0 aliphatic carbocycles. The second-order valence-electron chi connectivity index (χ2n) is 11.5. The van der Waals surface area contributed by atoms with Gasteiger partial charge in [0.15, 0.2) is 0 Å². The number of carbonyl (C=O) groups is 1. The molecule has 2 aliphatic rings. The molecule has 12 heteroatoms. The van der Waals surface area contributed by atoms with Gasteiger partial charge in [0, 0.05) is 78.3 Å². The van der Waals surface area contributed by atoms with Gasteiger partial charge in [0.2, 0.25) is 0 Å². The Labute approximate surface area is 268 Å². The van der Waals surface area contributed by atoms with Crippen LogP contribution in [0.5, 0.6) is 5.75 Å². The molecule has 6 rings (SSSR count). The monoisotopic (exact) mass is 651 g/mol. The number of amides is 1. The minimum absolute atomic E-state index is 0.00385. The van der Waals surface area contributed by atoms with Crippen LogP contribution in [0.2, 0.25) is 5.02 Å². The summed E-state index contributed by atoms with van der Waals surface area (Å²) in [6.45, 7) is 1.87. The summed E-state index contributed by atoms with van der Waals surface area (Å²) in [7, 11) is 0. The zero-order chi connectivity index (χ0) is 32.6. The van der Waals surface area contributed by atoms with E-state index in [0.29, 0.717) is 61.7 Å². The Kier molecular flexibility index (Phi) is 8.61. The summed E-state index contributed by atoms with van der Waals surface area (Å²) in [6, 6.07) is 16.2. The lowest BCUT2D eigenvalue weighted by Gasteiger charge is -2.33. The number of rotatable bonds is 6. The number of hydrogen-bond acceptors (Lipinski definition) is 6. The quantitative estimate of drug-likeness (QED) is 0.147. The maximum absolute atomic E-state index is 13.7. The largest absolute Gasteiger partial charge is 0.507 e. The molecule has 1 fully saturated rings. The van der Waals surface area contributed by atoms with Crippen molar-refractivity contribution in [2.75, 3.05) is 36.4 Å². The molecule has 3 N–H and O–H groups in total. The number of pyridine rings is 1. The number of anilines is 2. The first-order chi connectivity index (χ1) is 22.0. The summed E-state index contributed by atoms with van der Waals surface area (Å²) in [6.07, 6.45) is -1.73. The Hall–Kier alpha value is -4.64. The van der Waals surface area contributed by atoms with Crippen molar-refractivity contribution in [3.8, 4) is 16.9 Å². The fourth-order valence-electron chi connectivity index (χ4n) is 6.07. The zero-order valence-electron chi connectivity index (χ0n) is 24.5. The molecule has 238 valence electrons. The van der Waals surface area contributed by atoms with Crippen molar-refractivity contribution in [1.82, 2.24) is 9.88 Å². The lowest BCUT2D eigenvalue weighted by Crippen LogP contribution is -2.40. The number of aromatic nitrogens is 1. The van der Waals surface area contributed by atoms with Crippen LogP contribution in [0.4, 0.5) is 29.1 Å². The number of halogens is 5. The fourth-order valence-corrected chi connectivity index (χ4v) is 6.26. The third-order valence-corrected chi connectivity index (χ3v) is 8.76. The van der Waals surface area contributed by atoms with Crippen LogP contribution in [0.3, 0.4) is 0 Å². The number of fused-ring (bicyclic) bond motifs is 1. The van der Waals surface area contributed by atoms with E-state index in [1.165, 1.54) is 24.3 Å². The van der Waals surface area contributed by atoms with Crippen molar-refractivity contribution in [2.24, 2.45) is 5.92 Å². The lowest BCUT2D eigenvalue weighted by atomic mass is 9.87. The van der Waals surface area contributed by atoms with Crippen molar-refractivity contribution in [1.29, 1.82) is 5.41 Å². The number of benzene rings is 3. The van der Waals surface area contributed by atoms with Gasteiger partial charge in [-0.25, -0.2) is 9.37 Å². The van der Waals surface area contributed by atoms with Crippen molar-refractivity contribution in [2.45, 2.75) is 25.6 Å². The summed E-state index contributed by atoms with van der Waals surface area (Å²) < 4.78 is 54.5. The standard InChI is InChI=1S/C34H30ClF4N5O2/c35-25-5-8-28(34(37,38)39)24(15-25)19-44-14-11-41-32-29(44)16-23(18-42-32)20-1-3-22(4-2-20)33(46)43-12-9-21(10-13-43)31(40)27-7-6-26(36)17-30(27)45/h1-8,15-18,21,40,45H,9-14,19H2,(H,41,42). The number of piperidine rings is 1. The number of nitrogens with one attached hydrogen (secondary N) is 2. The number of carbonyl (C=O) groups excluding carboxylic acids is 1. The minimum atomic E-state index is -4.51. The van der Waals surface area contributed by atoms with E-state index < -0.39 is 17.6 Å². The van der Waals surface area contributed by atoms with E-state index in [9.17, 15) is 27.5 Å². The van der Waals surface area contributed by atoms with Crippen LogP contribution < -0.4 is 10.2 Å². The molecular formula is C34H30ClF4N5O2. The van der Waals surface area contributed by atoms with E-state index in [2.05, 4.69) is 10.3 Å². The average Bonchev–Trinajstić information content (AvgIpc) is 3.04. The molecule has 0 saturated carbocycles. The van der Waals surface area contributed by atoms with Crippen molar-refractivity contribution in [3.05, 3.63) is 106 Å². The van der Waals surface area contributed by atoms with Gasteiger partial charge >= 0.3 is 6.18 Å². The first-order valence-electron chi connectivity index (χ1n) is 14.8. The van der Waals surface area contributed by atoms with Gasteiger partial charge in [-0.1, -0.05) is 23.7 Å². The van der Waals surface area contributed by atoms with Crippen molar-refractivity contribution < 1.29 is 27.5 Å². The molecule has 3 aromatic carbocycles. The van der Waals surface area contributed by atoms with E-state index in [4.69, 9.17) is 17.0 Å². The predicted molar refractivity (Wildman–Crippen MR) is 169 cm³/mol. The smallest absolute Gasteiger partial charge is 0.416 e. The van der Waals surface area contributed by atoms with Gasteiger partial charge < -0.3 is 25.6 Å². The highest BCUT2D eigenvalue weighted by Crippen LogP contribution is 2.37. The van der Waals surface area contributed by atoms with Crippen LogP contribution in [-0.4, -0.2) is 52.8 Å². The van der Waals surface area contributed by atoms with Gasteiger partial charge in [0.25, 0.3) is 5.91 Å². The van der Waals surface area contributed by atoms with Crippen molar-refractivity contribution in [3.63, 3.8) is 0 Å². The maximum Gasteiger partial charge on any atom is 0.416 e. The van der Waals surface area contributed by atoms with Gasteiger partial charge in [-0.3, -0.25) is 4.79 Å². The summed E-state index contributed by atoms with van der Waals surface area (Å²) in [5.74, 6) is -0.560. The Morgan fingerprint density at radius 1 is 1.00 bits per heavy atom. The summed E-state index contributed by atoms with van der Waals surface area (Å²) >= 11 is 6.06. The molecule has 0 unspecified atom stereocenters. The van der Waals surface area contributed by atoms with Crippen LogP contribution in [0, 0.1) is 17.1 Å². The van der Waals surface area contributed by atoms with Gasteiger partial charge in [0.1, 0.15) is 17.4 Å². The average molecular weight is 652 g/mol. The summed E-state index contributed by atoms with van der Waals surface area (Å²) in [5, 5.41) is 22.0. The van der Waals surface area contributed by atoms with Crippen LogP contribution in [-0.2, 0) is 12.7 Å². The fraction of sp³-hybridized carbons (Fsp3) is 0.265. The number of alkyl halides is 3. The van der Waals surface area contributed by atoms with Gasteiger partial charge in [0.05, 0.1) is 11.3 Å². The molecule has 1 aromatic heterocycles. The van der Waals surface area contributed by atoms with E-state index in [0.717, 1.165) is 23.3 Å². The van der Waals surface area contributed by atoms with E-state index in [1.54, 1.807) is 23.2 Å². The molecule has 0 spiro atoms. The van der Waals surface area contributed by atoms with E-state index >= 15 is 0 Å². The summed E-state index contributed by atoms with van der Waals surface area (Å²) in [5.41, 5.74) is 2.59. The van der Waals surface area contributed by atoms with Crippen LogP contribution in [0.1, 0.15) is 39.9 Å². The molecule has 46 heavy (non-hydrogen) atoms. The Morgan fingerprint density at radius 3 is 2.43 bits per heavy atom. The highest BCUT2D eigenvalue weighted by atomic mass is 35.5. The Bertz CT molecular complexity index is 1790. The SMILES string of the molecule is N=C(c1ccc(F)cc1O)C1CCN(C(=O)c2ccc(-c3cnc4c(c3)N(Cc3cc(Cl)ccc3C(F)(F)F)CCN4)cc2)CC1. The second-order valence-corrected chi connectivity index (χ2v) is 11.9. The number of aromatic hydroxyl groups is 1. The second kappa shape index (κ2) is 12.6.